The molecule has 0 amide bonds. The van der Waals surface area contributed by atoms with E-state index >= 15 is 0 Å². The zero-order chi connectivity index (χ0) is 17.2. The third-order valence-corrected chi connectivity index (χ3v) is 4.38. The monoisotopic (exact) mass is 372 g/mol. The van der Waals surface area contributed by atoms with Crippen LogP contribution in [0.3, 0.4) is 0 Å². The smallest absolute Gasteiger partial charge is 0.264 e. The Kier molecular flexibility index (Phi) is 4.93. The number of aromatic nitrogens is 2. The van der Waals surface area contributed by atoms with Gasteiger partial charge in [-0.2, -0.15) is 8.42 Å². The van der Waals surface area contributed by atoms with E-state index in [9.17, 15) is 8.42 Å². The van der Waals surface area contributed by atoms with Crippen LogP contribution in [-0.2, 0) is 36.1 Å². The van der Waals surface area contributed by atoms with Crippen LogP contribution in [0.15, 0.2) is 43.0 Å². The molecule has 0 aliphatic carbocycles. The topological polar surface area (TPSA) is 79.7 Å². The molecule has 3 rings (SSSR count). The Balaban J connectivity index is 1.82. The summed E-state index contributed by atoms with van der Waals surface area (Å²) < 4.78 is 41.0. The highest BCUT2D eigenvalue weighted by Gasteiger charge is 2.44. The van der Waals surface area contributed by atoms with Crippen LogP contribution >= 0.6 is 11.6 Å². The lowest BCUT2D eigenvalue weighted by atomic mass is 10.1. The number of rotatable bonds is 6. The molecule has 24 heavy (non-hydrogen) atoms. The second-order valence-electron chi connectivity index (χ2n) is 5.53. The number of halogens is 1. The molecule has 1 aromatic carbocycles. The van der Waals surface area contributed by atoms with Crippen LogP contribution in [0.5, 0.6) is 0 Å². The second-order valence-corrected chi connectivity index (χ2v) is 7.61. The Bertz CT molecular complexity index is 779. The molecule has 0 bridgehead atoms. The van der Waals surface area contributed by atoms with Crippen molar-refractivity contribution in [1.82, 2.24) is 9.55 Å². The van der Waals surface area contributed by atoms with E-state index in [4.69, 9.17) is 25.3 Å². The summed E-state index contributed by atoms with van der Waals surface area (Å²) in [6, 6.07) is 7.14. The van der Waals surface area contributed by atoms with Crippen molar-refractivity contribution in [2.75, 3.05) is 19.5 Å². The van der Waals surface area contributed by atoms with Crippen molar-refractivity contribution in [2.24, 2.45) is 0 Å². The highest BCUT2D eigenvalue weighted by atomic mass is 35.5. The van der Waals surface area contributed by atoms with Gasteiger partial charge in [0.2, 0.25) is 5.79 Å². The lowest BCUT2D eigenvalue weighted by molar-refractivity contribution is -0.189. The average Bonchev–Trinajstić information content (AvgIpc) is 3.16. The maximum Gasteiger partial charge on any atom is 0.264 e. The van der Waals surface area contributed by atoms with Crippen molar-refractivity contribution in [2.45, 2.75) is 18.4 Å². The van der Waals surface area contributed by atoms with Gasteiger partial charge in [0, 0.05) is 23.0 Å². The van der Waals surface area contributed by atoms with Gasteiger partial charge in [0.1, 0.15) is 6.10 Å². The summed E-state index contributed by atoms with van der Waals surface area (Å²) in [7, 11) is -3.54. The standard InChI is InChI=1S/C15H17ClN2O5S/c1-24(19,20)22-9-14-8-21-15(23-14,10-18-7-6-17-11-18)12-2-4-13(16)5-3-12/h2-7,11,14H,8-10H2,1H3/t14-,15-/m0/s1. The summed E-state index contributed by atoms with van der Waals surface area (Å²) in [6.45, 7) is 0.481. The van der Waals surface area contributed by atoms with Gasteiger partial charge in [-0.15, -0.1) is 0 Å². The van der Waals surface area contributed by atoms with Crippen LogP contribution in [0.4, 0.5) is 0 Å². The molecule has 0 spiro atoms. The first-order valence-corrected chi connectivity index (χ1v) is 9.44. The van der Waals surface area contributed by atoms with Gasteiger partial charge >= 0.3 is 0 Å². The van der Waals surface area contributed by atoms with Gasteiger partial charge in [0.05, 0.1) is 32.3 Å². The molecule has 1 aliphatic heterocycles. The van der Waals surface area contributed by atoms with Crippen LogP contribution in [0.1, 0.15) is 5.56 Å². The molecule has 2 heterocycles. The maximum absolute atomic E-state index is 11.2. The summed E-state index contributed by atoms with van der Waals surface area (Å²) in [6.07, 6.45) is 5.62. The Morgan fingerprint density at radius 1 is 1.42 bits per heavy atom. The second kappa shape index (κ2) is 6.81. The minimum Gasteiger partial charge on any atom is -0.342 e. The van der Waals surface area contributed by atoms with Gasteiger partial charge in [-0.05, 0) is 12.1 Å². The number of hydrogen-bond donors (Lipinski definition) is 0. The van der Waals surface area contributed by atoms with Crippen molar-refractivity contribution in [3.05, 3.63) is 53.6 Å². The quantitative estimate of drug-likeness (QED) is 0.719. The summed E-state index contributed by atoms with van der Waals surface area (Å²) >= 11 is 5.95. The molecule has 2 atom stereocenters. The molecule has 0 radical (unpaired) electrons. The van der Waals surface area contributed by atoms with E-state index in [0.29, 0.717) is 11.6 Å². The number of hydrogen-bond acceptors (Lipinski definition) is 6. The molecule has 1 aliphatic rings. The van der Waals surface area contributed by atoms with E-state index in [1.807, 2.05) is 16.7 Å². The lowest BCUT2D eigenvalue weighted by Gasteiger charge is -2.29. The average molecular weight is 373 g/mol. The molecule has 1 aromatic heterocycles. The van der Waals surface area contributed by atoms with Crippen LogP contribution in [0, 0.1) is 0 Å². The first-order valence-electron chi connectivity index (χ1n) is 7.24. The largest absolute Gasteiger partial charge is 0.342 e. The summed E-state index contributed by atoms with van der Waals surface area (Å²) in [5.74, 6) is -1.06. The van der Waals surface area contributed by atoms with E-state index in [1.165, 1.54) is 0 Å². The van der Waals surface area contributed by atoms with Crippen molar-refractivity contribution in [3.63, 3.8) is 0 Å². The highest BCUT2D eigenvalue weighted by molar-refractivity contribution is 7.85. The van der Waals surface area contributed by atoms with Crippen molar-refractivity contribution >= 4 is 21.7 Å². The lowest BCUT2D eigenvalue weighted by Crippen LogP contribution is -2.34. The van der Waals surface area contributed by atoms with Crippen LogP contribution in [0.25, 0.3) is 0 Å². The molecule has 0 unspecified atom stereocenters. The Hall–Kier alpha value is -1.45. The molecular formula is C15H17ClN2O5S. The SMILES string of the molecule is CS(=O)(=O)OC[C@@H]1CO[C@](Cn2ccnc2)(c2ccc(Cl)cc2)O1. The van der Waals surface area contributed by atoms with Crippen molar-refractivity contribution < 1.29 is 22.1 Å². The van der Waals surface area contributed by atoms with Gasteiger partial charge < -0.3 is 14.0 Å². The van der Waals surface area contributed by atoms with E-state index in [0.717, 1.165) is 11.8 Å². The zero-order valence-corrected chi connectivity index (χ0v) is 14.5. The van der Waals surface area contributed by atoms with Crippen molar-refractivity contribution in [3.8, 4) is 0 Å². The number of ether oxygens (including phenoxy) is 2. The highest BCUT2D eigenvalue weighted by Crippen LogP contribution is 2.36. The molecule has 9 heteroatoms. The summed E-state index contributed by atoms with van der Waals surface area (Å²) in [5, 5.41) is 0.603. The first-order chi connectivity index (χ1) is 11.4. The Morgan fingerprint density at radius 2 is 2.17 bits per heavy atom. The van der Waals surface area contributed by atoms with Gasteiger partial charge in [-0.1, -0.05) is 23.7 Å². The number of imidazole rings is 1. The summed E-state index contributed by atoms with van der Waals surface area (Å²) in [4.78, 5) is 4.02. The predicted molar refractivity (Wildman–Crippen MR) is 87.0 cm³/mol. The van der Waals surface area contributed by atoms with E-state index < -0.39 is 22.0 Å². The first kappa shape index (κ1) is 17.4. The van der Waals surface area contributed by atoms with E-state index in [2.05, 4.69) is 4.98 Å². The third-order valence-electron chi connectivity index (χ3n) is 3.56. The Labute approximate surface area is 145 Å². The van der Waals surface area contributed by atoms with Gasteiger partial charge in [-0.3, -0.25) is 4.18 Å². The third kappa shape index (κ3) is 4.14. The molecule has 1 fully saturated rings. The minimum absolute atomic E-state index is 0.0991. The molecule has 0 N–H and O–H groups in total. The minimum atomic E-state index is -3.54. The summed E-state index contributed by atoms with van der Waals surface area (Å²) in [5.41, 5.74) is 0.780. The van der Waals surface area contributed by atoms with E-state index in [-0.39, 0.29) is 13.2 Å². The molecule has 0 saturated carbocycles. The van der Waals surface area contributed by atoms with Gasteiger partial charge in [0.15, 0.2) is 0 Å². The molecule has 130 valence electrons. The molecule has 7 nitrogen and oxygen atoms in total. The van der Waals surface area contributed by atoms with E-state index in [1.54, 1.807) is 30.9 Å². The van der Waals surface area contributed by atoms with Crippen LogP contribution in [-0.4, -0.2) is 43.5 Å². The van der Waals surface area contributed by atoms with Crippen molar-refractivity contribution in [1.29, 1.82) is 0 Å². The van der Waals surface area contributed by atoms with Gasteiger partial charge in [-0.25, -0.2) is 4.98 Å². The zero-order valence-electron chi connectivity index (χ0n) is 13.0. The molecular weight excluding hydrogens is 356 g/mol. The number of benzene rings is 1. The molecule has 2 aromatic rings. The van der Waals surface area contributed by atoms with Gasteiger partial charge in [0.25, 0.3) is 10.1 Å². The fourth-order valence-electron chi connectivity index (χ4n) is 2.50. The van der Waals surface area contributed by atoms with Crippen LogP contribution < -0.4 is 0 Å². The predicted octanol–water partition coefficient (Wildman–Crippen LogP) is 1.78. The fourth-order valence-corrected chi connectivity index (χ4v) is 3.02. The molecule has 1 saturated heterocycles. The fraction of sp³-hybridized carbons (Fsp3) is 0.400. The maximum atomic E-state index is 11.2. The van der Waals surface area contributed by atoms with Crippen LogP contribution in [0.2, 0.25) is 5.02 Å². The Morgan fingerprint density at radius 3 is 2.79 bits per heavy atom. The normalized spacial score (nSPS) is 24.3. The number of nitrogens with zero attached hydrogens (tertiary/aromatic N) is 2.